The highest BCUT2D eigenvalue weighted by Gasteiger charge is 2.07. The largest absolute Gasteiger partial charge is 0.362 e. The average Bonchev–Trinajstić information content (AvgIpc) is 2.15. The fourth-order valence-corrected chi connectivity index (χ4v) is 1.03. The monoisotopic (exact) mass is 257 g/mol. The SMILES string of the molecule is CC(=O)NOC(=O)c1ccc(Br)cc1. The van der Waals surface area contributed by atoms with Crippen LogP contribution in [0.15, 0.2) is 28.7 Å². The molecule has 0 aromatic heterocycles. The minimum absolute atomic E-state index is 0.377. The number of hydrogen-bond acceptors (Lipinski definition) is 3. The molecule has 0 saturated heterocycles. The molecule has 1 rings (SSSR count). The van der Waals surface area contributed by atoms with Crippen LogP contribution < -0.4 is 5.48 Å². The van der Waals surface area contributed by atoms with Crippen LogP contribution in [0, 0.1) is 0 Å². The van der Waals surface area contributed by atoms with Crippen molar-refractivity contribution in [2.75, 3.05) is 0 Å². The maximum Gasteiger partial charge on any atom is 0.362 e. The van der Waals surface area contributed by atoms with Gasteiger partial charge in [0.05, 0.1) is 5.56 Å². The second kappa shape index (κ2) is 4.76. The van der Waals surface area contributed by atoms with E-state index in [0.717, 1.165) is 4.47 Å². The molecule has 0 unspecified atom stereocenters. The van der Waals surface area contributed by atoms with Crippen LogP contribution >= 0.6 is 15.9 Å². The van der Waals surface area contributed by atoms with Crippen LogP contribution in [0.2, 0.25) is 0 Å². The minimum Gasteiger partial charge on any atom is -0.335 e. The van der Waals surface area contributed by atoms with Gasteiger partial charge in [0.1, 0.15) is 0 Å². The molecule has 0 saturated carbocycles. The first kappa shape index (κ1) is 10.7. The molecule has 5 heteroatoms. The molecule has 0 aliphatic heterocycles. The number of carbonyl (C=O) groups excluding carboxylic acids is 2. The molecule has 1 aromatic carbocycles. The Labute approximate surface area is 89.3 Å². The van der Waals surface area contributed by atoms with Gasteiger partial charge in [-0.25, -0.2) is 4.79 Å². The first-order valence-electron chi connectivity index (χ1n) is 3.83. The summed E-state index contributed by atoms with van der Waals surface area (Å²) in [6, 6.07) is 6.61. The van der Waals surface area contributed by atoms with Crippen molar-refractivity contribution >= 4 is 27.8 Å². The predicted octanol–water partition coefficient (Wildman–Crippen LogP) is 1.66. The fraction of sp³-hybridized carbons (Fsp3) is 0.111. The second-order valence-corrected chi connectivity index (χ2v) is 3.47. The number of amides is 1. The topological polar surface area (TPSA) is 55.4 Å². The molecule has 0 spiro atoms. The van der Waals surface area contributed by atoms with Crippen molar-refractivity contribution in [3.05, 3.63) is 34.3 Å². The van der Waals surface area contributed by atoms with Crippen molar-refractivity contribution in [1.29, 1.82) is 0 Å². The van der Waals surface area contributed by atoms with Crippen LogP contribution in [0.3, 0.4) is 0 Å². The third-order valence-electron chi connectivity index (χ3n) is 1.37. The highest BCUT2D eigenvalue weighted by Crippen LogP contribution is 2.10. The maximum absolute atomic E-state index is 11.2. The zero-order valence-corrected chi connectivity index (χ0v) is 9.00. The molecular formula is C9H8BrNO3. The standard InChI is InChI=1S/C9H8BrNO3/c1-6(12)11-14-9(13)7-2-4-8(10)5-3-7/h2-5H,1H3,(H,11,12). The summed E-state index contributed by atoms with van der Waals surface area (Å²) in [5, 5.41) is 0. The molecule has 4 nitrogen and oxygen atoms in total. The van der Waals surface area contributed by atoms with Crippen LogP contribution in [0.25, 0.3) is 0 Å². The van der Waals surface area contributed by atoms with Crippen LogP contribution in [-0.4, -0.2) is 11.9 Å². The summed E-state index contributed by atoms with van der Waals surface area (Å²) in [6.45, 7) is 1.26. The van der Waals surface area contributed by atoms with E-state index in [0.29, 0.717) is 5.56 Å². The summed E-state index contributed by atoms with van der Waals surface area (Å²) in [7, 11) is 0. The van der Waals surface area contributed by atoms with E-state index in [9.17, 15) is 9.59 Å². The summed E-state index contributed by atoms with van der Waals surface area (Å²) >= 11 is 3.23. The lowest BCUT2D eigenvalue weighted by Gasteiger charge is -2.02. The van der Waals surface area contributed by atoms with Gasteiger partial charge in [0.25, 0.3) is 0 Å². The van der Waals surface area contributed by atoms with Gasteiger partial charge in [-0.2, -0.15) is 5.48 Å². The first-order chi connectivity index (χ1) is 6.59. The van der Waals surface area contributed by atoms with Crippen LogP contribution in [0.1, 0.15) is 17.3 Å². The summed E-state index contributed by atoms with van der Waals surface area (Å²) in [5.41, 5.74) is 2.33. The molecule has 1 amide bonds. The van der Waals surface area contributed by atoms with E-state index < -0.39 is 11.9 Å². The summed E-state index contributed by atoms with van der Waals surface area (Å²) in [5.74, 6) is -1.01. The lowest BCUT2D eigenvalue weighted by atomic mass is 10.2. The Balaban J connectivity index is 2.61. The van der Waals surface area contributed by atoms with Gasteiger partial charge in [0, 0.05) is 11.4 Å². The van der Waals surface area contributed by atoms with Crippen molar-refractivity contribution in [2.24, 2.45) is 0 Å². The highest BCUT2D eigenvalue weighted by atomic mass is 79.9. The average molecular weight is 258 g/mol. The molecule has 14 heavy (non-hydrogen) atoms. The van der Waals surface area contributed by atoms with Crippen molar-refractivity contribution in [3.63, 3.8) is 0 Å². The van der Waals surface area contributed by atoms with Crippen molar-refractivity contribution in [3.8, 4) is 0 Å². The lowest BCUT2D eigenvalue weighted by Crippen LogP contribution is -2.24. The summed E-state index contributed by atoms with van der Waals surface area (Å²) in [4.78, 5) is 26.1. The zero-order chi connectivity index (χ0) is 10.6. The molecule has 74 valence electrons. The van der Waals surface area contributed by atoms with Crippen molar-refractivity contribution in [2.45, 2.75) is 6.92 Å². The third-order valence-corrected chi connectivity index (χ3v) is 1.90. The number of benzene rings is 1. The van der Waals surface area contributed by atoms with E-state index in [-0.39, 0.29) is 0 Å². The number of nitrogens with one attached hydrogen (secondary N) is 1. The van der Waals surface area contributed by atoms with E-state index in [1.54, 1.807) is 24.3 Å². The van der Waals surface area contributed by atoms with Crippen LogP contribution in [-0.2, 0) is 9.63 Å². The van der Waals surface area contributed by atoms with Gasteiger partial charge in [0.2, 0.25) is 5.91 Å². The quantitative estimate of drug-likeness (QED) is 0.779. The Morgan fingerprint density at radius 2 is 1.86 bits per heavy atom. The molecule has 0 heterocycles. The first-order valence-corrected chi connectivity index (χ1v) is 4.62. The van der Waals surface area contributed by atoms with Crippen molar-refractivity contribution in [1.82, 2.24) is 5.48 Å². The predicted molar refractivity (Wildman–Crippen MR) is 53.4 cm³/mol. The minimum atomic E-state index is -0.590. The van der Waals surface area contributed by atoms with Gasteiger partial charge in [-0.15, -0.1) is 0 Å². The maximum atomic E-state index is 11.2. The van der Waals surface area contributed by atoms with Gasteiger partial charge in [0.15, 0.2) is 0 Å². The molecule has 0 aliphatic rings. The number of carbonyl (C=O) groups is 2. The fourth-order valence-electron chi connectivity index (χ4n) is 0.763. The third kappa shape index (κ3) is 3.18. The number of hydrogen-bond donors (Lipinski definition) is 1. The number of halogens is 1. The normalized spacial score (nSPS) is 9.29. The molecular weight excluding hydrogens is 250 g/mol. The Morgan fingerprint density at radius 3 is 2.36 bits per heavy atom. The molecule has 0 atom stereocenters. The van der Waals surface area contributed by atoms with E-state index >= 15 is 0 Å². The van der Waals surface area contributed by atoms with Crippen LogP contribution in [0.5, 0.6) is 0 Å². The van der Waals surface area contributed by atoms with E-state index in [2.05, 4.69) is 20.8 Å². The van der Waals surface area contributed by atoms with Gasteiger partial charge < -0.3 is 4.84 Å². The van der Waals surface area contributed by atoms with E-state index in [4.69, 9.17) is 0 Å². The molecule has 1 aromatic rings. The van der Waals surface area contributed by atoms with Gasteiger partial charge in [-0.05, 0) is 24.3 Å². The van der Waals surface area contributed by atoms with E-state index in [1.807, 2.05) is 5.48 Å². The zero-order valence-electron chi connectivity index (χ0n) is 7.41. The van der Waals surface area contributed by atoms with Crippen LogP contribution in [0.4, 0.5) is 0 Å². The summed E-state index contributed by atoms with van der Waals surface area (Å²) < 4.78 is 0.869. The highest BCUT2D eigenvalue weighted by molar-refractivity contribution is 9.10. The Kier molecular flexibility index (Phi) is 3.64. The molecule has 0 radical (unpaired) electrons. The molecule has 0 aliphatic carbocycles. The van der Waals surface area contributed by atoms with Crippen molar-refractivity contribution < 1.29 is 14.4 Å². The molecule has 1 N–H and O–H groups in total. The van der Waals surface area contributed by atoms with Gasteiger partial charge in [-0.3, -0.25) is 4.79 Å². The molecule has 0 bridgehead atoms. The van der Waals surface area contributed by atoms with Gasteiger partial charge in [-0.1, -0.05) is 15.9 Å². The molecule has 0 fully saturated rings. The summed E-state index contributed by atoms with van der Waals surface area (Å²) in [6.07, 6.45) is 0. The second-order valence-electron chi connectivity index (χ2n) is 2.55. The number of rotatable bonds is 1. The Hall–Kier alpha value is -1.36. The van der Waals surface area contributed by atoms with Gasteiger partial charge >= 0.3 is 5.97 Å². The van der Waals surface area contributed by atoms with E-state index in [1.165, 1.54) is 6.92 Å². The number of hydroxylamine groups is 1. The Bertz CT molecular complexity index is 348. The lowest BCUT2D eigenvalue weighted by molar-refractivity contribution is -0.127. The Morgan fingerprint density at radius 1 is 1.29 bits per heavy atom. The smallest absolute Gasteiger partial charge is 0.335 e.